The number of carbonyl (C=O) groups is 1. The van der Waals surface area contributed by atoms with Crippen molar-refractivity contribution < 1.29 is 22.7 Å². The number of rotatable bonds is 8. The maximum atomic E-state index is 12.8. The molecule has 5 N–H and O–H groups in total. The normalized spacial score (nSPS) is 17.9. The van der Waals surface area contributed by atoms with Gasteiger partial charge in [0, 0.05) is 18.8 Å². The fourth-order valence-electron chi connectivity index (χ4n) is 3.11. The highest BCUT2D eigenvalue weighted by Gasteiger charge is 2.28. The number of hydrogen-bond acceptors (Lipinski definition) is 9. The fourth-order valence-corrected chi connectivity index (χ4v) is 4.04. The summed E-state index contributed by atoms with van der Waals surface area (Å²) >= 11 is 0. The van der Waals surface area contributed by atoms with Crippen molar-refractivity contribution in [3.8, 4) is 5.88 Å². The van der Waals surface area contributed by atoms with Gasteiger partial charge in [0.15, 0.2) is 4.91 Å². The Morgan fingerprint density at radius 1 is 1.34 bits per heavy atom. The summed E-state index contributed by atoms with van der Waals surface area (Å²) in [5, 5.41) is 16.0. The average molecular weight is 469 g/mol. The number of allylic oxidation sites excluding steroid dienone is 1. The summed E-state index contributed by atoms with van der Waals surface area (Å²) in [5.74, 6) is 0.278. The maximum absolute atomic E-state index is 12.8. The molecule has 32 heavy (non-hydrogen) atoms. The third kappa shape index (κ3) is 5.88. The lowest BCUT2D eigenvalue weighted by Crippen LogP contribution is -2.46. The highest BCUT2D eigenvalue weighted by atomic mass is 32.2. The van der Waals surface area contributed by atoms with Crippen LogP contribution in [0.5, 0.6) is 5.88 Å². The van der Waals surface area contributed by atoms with E-state index in [9.17, 15) is 13.2 Å². The molecule has 11 nitrogen and oxygen atoms in total. The third-order valence-corrected chi connectivity index (χ3v) is 6.22. The van der Waals surface area contributed by atoms with E-state index < -0.39 is 21.0 Å². The van der Waals surface area contributed by atoms with Gasteiger partial charge >= 0.3 is 6.03 Å². The molecular weight excluding hydrogens is 436 g/mol. The molecular formula is C20H32N6O5S. The Morgan fingerprint density at radius 2 is 2.03 bits per heavy atom. The van der Waals surface area contributed by atoms with Gasteiger partial charge in [0.1, 0.15) is 6.61 Å². The first-order valence-corrected chi connectivity index (χ1v) is 11.7. The summed E-state index contributed by atoms with van der Waals surface area (Å²) in [5.41, 5.74) is 1.76. The van der Waals surface area contributed by atoms with Crippen LogP contribution in [0.1, 0.15) is 50.8 Å². The molecule has 0 aromatic carbocycles. The largest absolute Gasteiger partial charge is 0.481 e. The lowest BCUT2D eigenvalue weighted by Gasteiger charge is -2.27. The first-order chi connectivity index (χ1) is 15.0. The fraction of sp³-hybridized carbons (Fsp3) is 0.550. The molecule has 1 aliphatic rings. The predicted octanol–water partition coefficient (Wildman–Crippen LogP) is 1.81. The molecule has 0 bridgehead atoms. The topological polar surface area (TPSA) is 155 Å². The maximum Gasteiger partial charge on any atom is 0.333 e. The van der Waals surface area contributed by atoms with Gasteiger partial charge in [-0.25, -0.2) is 22.9 Å². The molecule has 2 rings (SSSR count). The number of pyridine rings is 1. The van der Waals surface area contributed by atoms with Crippen molar-refractivity contribution in [1.29, 1.82) is 5.41 Å². The Kier molecular flexibility index (Phi) is 8.44. The molecule has 1 fully saturated rings. The van der Waals surface area contributed by atoms with E-state index in [2.05, 4.69) is 20.9 Å². The Hall–Kier alpha value is -2.86. The SMILES string of the molecule is CN[C@H]1CN/C(=C(\C=N)S(=O)(=O)NC(=O)Nc2c(C(C)C)cc(OC)nc2C(C)C)OC1. The number of amides is 2. The number of ether oxygens (including phenoxy) is 2. The van der Waals surface area contributed by atoms with E-state index in [0.29, 0.717) is 30.0 Å². The van der Waals surface area contributed by atoms with Crippen molar-refractivity contribution in [1.82, 2.24) is 20.3 Å². The zero-order chi connectivity index (χ0) is 24.1. The van der Waals surface area contributed by atoms with Gasteiger partial charge < -0.3 is 30.8 Å². The van der Waals surface area contributed by atoms with E-state index in [-0.39, 0.29) is 30.4 Å². The quantitative estimate of drug-likeness (QED) is 0.362. The minimum atomic E-state index is -4.37. The van der Waals surface area contributed by atoms with Gasteiger partial charge in [-0.3, -0.25) is 0 Å². The van der Waals surface area contributed by atoms with Gasteiger partial charge in [-0.15, -0.1) is 0 Å². The van der Waals surface area contributed by atoms with Crippen molar-refractivity contribution in [2.24, 2.45) is 0 Å². The van der Waals surface area contributed by atoms with Gasteiger partial charge in [0.2, 0.25) is 11.8 Å². The van der Waals surface area contributed by atoms with Crippen molar-refractivity contribution in [2.75, 3.05) is 32.6 Å². The van der Waals surface area contributed by atoms with Crippen LogP contribution < -0.4 is 25.4 Å². The predicted molar refractivity (Wildman–Crippen MR) is 123 cm³/mol. The molecule has 1 saturated heterocycles. The molecule has 12 heteroatoms. The second-order valence-electron chi connectivity index (χ2n) is 7.90. The zero-order valence-corrected chi connectivity index (χ0v) is 20.0. The molecule has 0 saturated carbocycles. The minimum absolute atomic E-state index is 0.00354. The van der Waals surface area contributed by atoms with Crippen LogP contribution in [0.25, 0.3) is 0 Å². The van der Waals surface area contributed by atoms with Gasteiger partial charge in [0.25, 0.3) is 10.0 Å². The number of aromatic nitrogens is 1. The van der Waals surface area contributed by atoms with Crippen molar-refractivity contribution in [2.45, 2.75) is 45.6 Å². The molecule has 178 valence electrons. The molecule has 2 heterocycles. The van der Waals surface area contributed by atoms with Gasteiger partial charge in [0.05, 0.1) is 24.5 Å². The van der Waals surface area contributed by atoms with Crippen LogP contribution in [-0.2, 0) is 14.8 Å². The molecule has 1 aromatic heterocycles. The summed E-state index contributed by atoms with van der Waals surface area (Å²) in [7, 11) is -1.10. The summed E-state index contributed by atoms with van der Waals surface area (Å²) in [4.78, 5) is 16.7. The minimum Gasteiger partial charge on any atom is -0.481 e. The van der Waals surface area contributed by atoms with Crippen LogP contribution in [0.4, 0.5) is 10.5 Å². The zero-order valence-electron chi connectivity index (χ0n) is 19.2. The highest BCUT2D eigenvalue weighted by Crippen LogP contribution is 2.34. The van der Waals surface area contributed by atoms with Crippen molar-refractivity contribution in [3.05, 3.63) is 28.1 Å². The van der Waals surface area contributed by atoms with Crippen LogP contribution in [0.2, 0.25) is 0 Å². The molecule has 0 aliphatic carbocycles. The van der Waals surface area contributed by atoms with E-state index in [1.165, 1.54) is 7.11 Å². The van der Waals surface area contributed by atoms with Crippen LogP contribution in [0.15, 0.2) is 16.9 Å². The number of nitrogens with one attached hydrogen (secondary N) is 5. The molecule has 0 radical (unpaired) electrons. The smallest absolute Gasteiger partial charge is 0.333 e. The molecule has 1 aromatic rings. The number of hydrogen-bond donors (Lipinski definition) is 5. The highest BCUT2D eigenvalue weighted by molar-refractivity contribution is 7.94. The first kappa shape index (κ1) is 25.4. The van der Waals surface area contributed by atoms with Crippen molar-refractivity contribution in [3.63, 3.8) is 0 Å². The molecule has 0 unspecified atom stereocenters. The number of anilines is 1. The summed E-state index contributed by atoms with van der Waals surface area (Å²) in [6.07, 6.45) is 0.631. The van der Waals surface area contributed by atoms with Gasteiger partial charge in [-0.1, -0.05) is 27.7 Å². The Morgan fingerprint density at radius 3 is 2.50 bits per heavy atom. The second kappa shape index (κ2) is 10.6. The van der Waals surface area contributed by atoms with Gasteiger partial charge in [-0.2, -0.15) is 0 Å². The van der Waals surface area contributed by atoms with Crippen LogP contribution in [-0.4, -0.2) is 59.0 Å². The summed E-state index contributed by atoms with van der Waals surface area (Å²) in [6.45, 7) is 8.35. The summed E-state index contributed by atoms with van der Waals surface area (Å²) < 4.78 is 38.3. The first-order valence-electron chi connectivity index (χ1n) is 10.2. The van der Waals surface area contributed by atoms with E-state index in [1.807, 2.05) is 32.4 Å². The summed E-state index contributed by atoms with van der Waals surface area (Å²) in [6, 6.07) is 0.740. The van der Waals surface area contributed by atoms with E-state index in [1.54, 1.807) is 13.1 Å². The van der Waals surface area contributed by atoms with Crippen LogP contribution >= 0.6 is 0 Å². The number of methoxy groups -OCH3 is 1. The lowest BCUT2D eigenvalue weighted by atomic mass is 9.97. The standard InChI is InChI=1S/C20H32N6O5S/c1-11(2)14-7-16(30-6)24-17(12(3)4)18(14)25-20(27)26-32(28,29)15(8-21)19-23-9-13(22-5)10-31-19/h7-8,11-13,21-23H,9-10H2,1-6H3,(H2,25,26,27)/b19-15-,21-8?/t13-/m0/s1. The monoisotopic (exact) mass is 468 g/mol. The molecule has 1 atom stereocenters. The lowest BCUT2D eigenvalue weighted by molar-refractivity contribution is 0.129. The number of likely N-dealkylation sites (N-methyl/N-ethyl adjacent to an activating group) is 1. The average Bonchev–Trinajstić information content (AvgIpc) is 2.73. The van der Waals surface area contributed by atoms with Crippen molar-refractivity contribution >= 4 is 28.0 Å². The number of sulfonamides is 1. The van der Waals surface area contributed by atoms with Crippen LogP contribution in [0, 0.1) is 5.41 Å². The number of carbonyl (C=O) groups excluding carboxylic acids is 1. The van der Waals surface area contributed by atoms with E-state index in [0.717, 1.165) is 5.56 Å². The van der Waals surface area contributed by atoms with E-state index in [4.69, 9.17) is 14.9 Å². The Bertz CT molecular complexity index is 951. The van der Waals surface area contributed by atoms with Gasteiger partial charge in [-0.05, 0) is 24.4 Å². The van der Waals surface area contributed by atoms with Crippen LogP contribution in [0.3, 0.4) is 0 Å². The van der Waals surface area contributed by atoms with E-state index >= 15 is 0 Å². The third-order valence-electron chi connectivity index (χ3n) is 4.89. The molecule has 2 amide bonds. The number of urea groups is 1. The Balaban J connectivity index is 2.32. The molecule has 1 aliphatic heterocycles. The Labute approximate surface area is 188 Å². The second-order valence-corrected chi connectivity index (χ2v) is 9.55. The molecule has 0 spiro atoms. The number of nitrogens with zero attached hydrogens (tertiary/aromatic N) is 1.